The van der Waals surface area contributed by atoms with Gasteiger partial charge >= 0.3 is 17.9 Å². The van der Waals surface area contributed by atoms with E-state index in [1.54, 1.807) is 13.8 Å². The van der Waals surface area contributed by atoms with E-state index in [4.69, 9.17) is 9.47 Å². The summed E-state index contributed by atoms with van der Waals surface area (Å²) in [4.78, 5) is 47.6. The lowest BCUT2D eigenvalue weighted by molar-refractivity contribution is -0.160. The molecule has 0 radical (unpaired) electrons. The van der Waals surface area contributed by atoms with Gasteiger partial charge in [0.05, 0.1) is 25.6 Å². The van der Waals surface area contributed by atoms with Crippen LogP contribution in [-0.2, 0) is 28.7 Å². The van der Waals surface area contributed by atoms with Crippen LogP contribution in [-0.4, -0.2) is 48.2 Å². The van der Waals surface area contributed by atoms with Crippen molar-refractivity contribution in [3.8, 4) is 0 Å². The summed E-state index contributed by atoms with van der Waals surface area (Å²) in [6, 6.07) is -1.53. The number of amides is 1. The van der Waals surface area contributed by atoms with Gasteiger partial charge in [-0.1, -0.05) is 12.8 Å². The van der Waals surface area contributed by atoms with E-state index in [0.29, 0.717) is 0 Å². The Hall–Kier alpha value is -2.12. The van der Waals surface area contributed by atoms with Crippen molar-refractivity contribution in [2.24, 2.45) is 11.8 Å². The van der Waals surface area contributed by atoms with E-state index in [-0.39, 0.29) is 25.6 Å². The Morgan fingerprint density at radius 1 is 1.08 bits per heavy atom. The van der Waals surface area contributed by atoms with Crippen LogP contribution in [0, 0.1) is 11.8 Å². The molecule has 0 aromatic heterocycles. The molecule has 1 aliphatic rings. The number of aliphatic carboxylic acids is 1. The van der Waals surface area contributed by atoms with Crippen LogP contribution in [0.1, 0.15) is 52.4 Å². The molecule has 1 aliphatic carbocycles. The summed E-state index contributed by atoms with van der Waals surface area (Å²) in [6.45, 7) is 3.34. The van der Waals surface area contributed by atoms with Crippen molar-refractivity contribution >= 4 is 23.8 Å². The first kappa shape index (κ1) is 20.9. The Balaban J connectivity index is 2.81. The predicted octanol–water partition coefficient (Wildman–Crippen LogP) is 1.27. The highest BCUT2D eigenvalue weighted by Crippen LogP contribution is 2.27. The van der Waals surface area contributed by atoms with Crippen molar-refractivity contribution in [2.45, 2.75) is 58.4 Å². The third-order valence-electron chi connectivity index (χ3n) is 4.21. The minimum absolute atomic E-state index is 0.0422. The number of carbonyl (C=O) groups excluding carboxylic acids is 3. The smallest absolute Gasteiger partial charge is 0.327 e. The molecule has 25 heavy (non-hydrogen) atoms. The molecule has 0 spiro atoms. The van der Waals surface area contributed by atoms with Gasteiger partial charge in [0.15, 0.2) is 0 Å². The summed E-state index contributed by atoms with van der Waals surface area (Å²) < 4.78 is 9.66. The van der Waals surface area contributed by atoms with Crippen molar-refractivity contribution in [1.82, 2.24) is 5.32 Å². The van der Waals surface area contributed by atoms with Crippen LogP contribution in [0.25, 0.3) is 0 Å². The lowest BCUT2D eigenvalue weighted by Crippen LogP contribution is -2.50. The summed E-state index contributed by atoms with van der Waals surface area (Å²) in [7, 11) is 0. The van der Waals surface area contributed by atoms with Crippen molar-refractivity contribution in [3.63, 3.8) is 0 Å². The molecule has 0 bridgehead atoms. The summed E-state index contributed by atoms with van der Waals surface area (Å²) in [6.07, 6.45) is 3.76. The molecule has 8 nitrogen and oxygen atoms in total. The molecule has 1 fully saturated rings. The average molecular weight is 357 g/mol. The van der Waals surface area contributed by atoms with Gasteiger partial charge in [0.25, 0.3) is 0 Å². The molecular weight excluding hydrogens is 330 g/mol. The zero-order valence-corrected chi connectivity index (χ0v) is 14.8. The lowest BCUT2D eigenvalue weighted by atomic mass is 9.95. The molecule has 0 heterocycles. The molecule has 0 aromatic rings. The minimum atomic E-state index is -1.53. The lowest BCUT2D eigenvalue weighted by Gasteiger charge is -2.23. The number of hydrogen-bond donors (Lipinski definition) is 2. The van der Waals surface area contributed by atoms with Crippen LogP contribution in [0.15, 0.2) is 0 Å². The van der Waals surface area contributed by atoms with Gasteiger partial charge in [0.2, 0.25) is 5.91 Å². The number of esters is 2. The van der Waals surface area contributed by atoms with E-state index in [2.05, 4.69) is 5.32 Å². The van der Waals surface area contributed by atoms with Crippen molar-refractivity contribution in [1.29, 1.82) is 0 Å². The van der Waals surface area contributed by atoms with Gasteiger partial charge in [-0.3, -0.25) is 14.4 Å². The molecule has 1 rings (SSSR count). The topological polar surface area (TPSA) is 119 Å². The van der Waals surface area contributed by atoms with Crippen LogP contribution >= 0.6 is 0 Å². The standard InChI is InChI=1S/C17H27NO7/c1-3-24-14(20)10-12(17(23)25-4-2)15(16(21)22)18-13(19)9-11-7-5-6-8-11/h11-12,15H,3-10H2,1-2H3,(H,18,19)(H,21,22)/t12-,15-/m0/s1. The van der Waals surface area contributed by atoms with E-state index in [9.17, 15) is 24.3 Å². The first-order valence-corrected chi connectivity index (χ1v) is 8.73. The maximum Gasteiger partial charge on any atom is 0.327 e. The average Bonchev–Trinajstić information content (AvgIpc) is 3.03. The van der Waals surface area contributed by atoms with Crippen LogP contribution in [0.5, 0.6) is 0 Å². The Bertz CT molecular complexity index is 485. The highest BCUT2D eigenvalue weighted by molar-refractivity contribution is 5.90. The second kappa shape index (κ2) is 10.7. The Morgan fingerprint density at radius 3 is 2.20 bits per heavy atom. The molecule has 0 unspecified atom stereocenters. The quantitative estimate of drug-likeness (QED) is 0.565. The predicted molar refractivity (Wildman–Crippen MR) is 87.5 cm³/mol. The zero-order chi connectivity index (χ0) is 18.8. The minimum Gasteiger partial charge on any atom is -0.480 e. The maximum atomic E-state index is 12.2. The fraction of sp³-hybridized carbons (Fsp3) is 0.765. The van der Waals surface area contributed by atoms with Gasteiger partial charge < -0.3 is 19.9 Å². The number of rotatable bonds is 10. The molecule has 1 amide bonds. The number of ether oxygens (including phenoxy) is 2. The SMILES string of the molecule is CCOC(=O)C[C@H](C(=O)OCC)[C@H](NC(=O)CC1CCCC1)C(=O)O. The molecule has 0 saturated heterocycles. The maximum absolute atomic E-state index is 12.2. The summed E-state index contributed by atoms with van der Waals surface area (Å²) >= 11 is 0. The van der Waals surface area contributed by atoms with E-state index in [1.807, 2.05) is 0 Å². The largest absolute Gasteiger partial charge is 0.480 e. The monoisotopic (exact) mass is 357 g/mol. The highest BCUT2D eigenvalue weighted by Gasteiger charge is 2.38. The molecule has 2 atom stereocenters. The Labute approximate surface area is 147 Å². The zero-order valence-electron chi connectivity index (χ0n) is 14.8. The Morgan fingerprint density at radius 2 is 1.68 bits per heavy atom. The van der Waals surface area contributed by atoms with E-state index >= 15 is 0 Å². The first-order chi connectivity index (χ1) is 11.9. The van der Waals surface area contributed by atoms with Crippen LogP contribution in [0.3, 0.4) is 0 Å². The van der Waals surface area contributed by atoms with Gasteiger partial charge in [-0.2, -0.15) is 0 Å². The number of nitrogens with one attached hydrogen (secondary N) is 1. The van der Waals surface area contributed by atoms with Crippen LogP contribution in [0.2, 0.25) is 0 Å². The van der Waals surface area contributed by atoms with Gasteiger partial charge in [0, 0.05) is 6.42 Å². The van der Waals surface area contributed by atoms with E-state index < -0.39 is 42.2 Å². The van der Waals surface area contributed by atoms with Gasteiger partial charge in [0.1, 0.15) is 6.04 Å². The molecule has 2 N–H and O–H groups in total. The second-order valence-corrected chi connectivity index (χ2v) is 6.11. The van der Waals surface area contributed by atoms with E-state index in [0.717, 1.165) is 25.7 Å². The fourth-order valence-corrected chi connectivity index (χ4v) is 3.03. The highest BCUT2D eigenvalue weighted by atomic mass is 16.5. The number of hydrogen-bond acceptors (Lipinski definition) is 6. The van der Waals surface area contributed by atoms with Crippen molar-refractivity contribution < 1.29 is 33.8 Å². The van der Waals surface area contributed by atoms with Gasteiger partial charge in [-0.05, 0) is 32.6 Å². The second-order valence-electron chi connectivity index (χ2n) is 6.11. The number of carboxylic acid groups (broad SMARTS) is 1. The third-order valence-corrected chi connectivity index (χ3v) is 4.21. The third kappa shape index (κ3) is 7.11. The van der Waals surface area contributed by atoms with Crippen molar-refractivity contribution in [2.75, 3.05) is 13.2 Å². The van der Waals surface area contributed by atoms with Gasteiger partial charge in [-0.15, -0.1) is 0 Å². The molecule has 1 saturated carbocycles. The Kier molecular flexibility index (Phi) is 8.94. The molecular formula is C17H27NO7. The summed E-state index contributed by atoms with van der Waals surface area (Å²) in [5, 5.41) is 11.8. The summed E-state index contributed by atoms with van der Waals surface area (Å²) in [5.74, 6) is -4.47. The number of carbonyl (C=O) groups is 4. The van der Waals surface area contributed by atoms with Crippen LogP contribution < -0.4 is 5.32 Å². The van der Waals surface area contributed by atoms with Crippen molar-refractivity contribution in [3.05, 3.63) is 0 Å². The fourth-order valence-electron chi connectivity index (χ4n) is 3.03. The first-order valence-electron chi connectivity index (χ1n) is 8.73. The molecule has 8 heteroatoms. The molecule has 0 aliphatic heterocycles. The normalized spacial score (nSPS) is 16.7. The van der Waals surface area contributed by atoms with E-state index in [1.165, 1.54) is 0 Å². The summed E-state index contributed by atoms with van der Waals surface area (Å²) in [5.41, 5.74) is 0. The van der Waals surface area contributed by atoms with Gasteiger partial charge in [-0.25, -0.2) is 4.79 Å². The molecule has 0 aromatic carbocycles. The molecule has 142 valence electrons. The number of carboxylic acids is 1. The van der Waals surface area contributed by atoms with Crippen LogP contribution in [0.4, 0.5) is 0 Å².